The van der Waals surface area contributed by atoms with Crippen molar-refractivity contribution in [3.05, 3.63) is 89.1 Å². The van der Waals surface area contributed by atoms with Gasteiger partial charge in [0.15, 0.2) is 5.82 Å². The molecule has 0 aliphatic carbocycles. The molecule has 1 aromatic heterocycles. The second-order valence-corrected chi connectivity index (χ2v) is 6.41. The van der Waals surface area contributed by atoms with Gasteiger partial charge in [0.2, 0.25) is 0 Å². The Labute approximate surface area is 157 Å². The molecule has 0 aliphatic rings. The number of rotatable bonds is 4. The highest BCUT2D eigenvalue weighted by atomic mass is 79.9. The number of allylic oxidation sites excluding steroid dienone is 4. The normalized spacial score (nSPS) is 11.9. The fourth-order valence-electron chi connectivity index (χ4n) is 2.63. The first-order valence-electron chi connectivity index (χ1n) is 8.21. The highest BCUT2D eigenvalue weighted by molar-refractivity contribution is 9.10. The van der Waals surface area contributed by atoms with Crippen LogP contribution in [0.5, 0.6) is 0 Å². The predicted octanol–water partition coefficient (Wildman–Crippen LogP) is 6.55. The lowest BCUT2D eigenvalue weighted by atomic mass is 10.1. The van der Waals surface area contributed by atoms with Crippen LogP contribution in [-0.4, -0.2) is 9.97 Å². The van der Waals surface area contributed by atoms with Crippen molar-refractivity contribution in [3.63, 3.8) is 0 Å². The molecule has 3 heteroatoms. The standard InChI is InChI=1S/C22H19BrN2/c1-3-10-16(4-2)20-15-21(18-13-8-9-14-19(18)23)25-22(24-20)17-11-6-5-7-12-17/h3-15H,1-2H3/b10-3-,16-4+. The summed E-state index contributed by atoms with van der Waals surface area (Å²) in [5, 5.41) is 0. The van der Waals surface area contributed by atoms with Crippen molar-refractivity contribution in [1.82, 2.24) is 9.97 Å². The Kier molecular flexibility index (Phi) is 5.56. The SMILES string of the molecule is C/C=C\C(=C/C)c1cc(-c2ccccc2Br)nc(-c2ccccc2)n1. The molecule has 0 N–H and O–H groups in total. The van der Waals surface area contributed by atoms with Gasteiger partial charge in [0.05, 0.1) is 11.4 Å². The molecule has 1 heterocycles. The lowest BCUT2D eigenvalue weighted by Crippen LogP contribution is -1.98. The average molecular weight is 391 g/mol. The Morgan fingerprint density at radius 3 is 2.32 bits per heavy atom. The molecule has 0 atom stereocenters. The maximum Gasteiger partial charge on any atom is 0.160 e. The van der Waals surface area contributed by atoms with Crippen molar-refractivity contribution in [1.29, 1.82) is 0 Å². The van der Waals surface area contributed by atoms with E-state index in [4.69, 9.17) is 9.97 Å². The van der Waals surface area contributed by atoms with E-state index in [9.17, 15) is 0 Å². The van der Waals surface area contributed by atoms with E-state index in [1.165, 1.54) is 0 Å². The largest absolute Gasteiger partial charge is 0.228 e. The Hall–Kier alpha value is -2.52. The fourth-order valence-corrected chi connectivity index (χ4v) is 3.12. The quantitative estimate of drug-likeness (QED) is 0.471. The summed E-state index contributed by atoms with van der Waals surface area (Å²) in [5.41, 5.74) is 4.96. The third-order valence-electron chi connectivity index (χ3n) is 3.86. The van der Waals surface area contributed by atoms with Crippen molar-refractivity contribution in [3.8, 4) is 22.6 Å². The van der Waals surface area contributed by atoms with Crippen molar-refractivity contribution in [2.45, 2.75) is 13.8 Å². The Morgan fingerprint density at radius 2 is 1.64 bits per heavy atom. The maximum atomic E-state index is 4.82. The van der Waals surface area contributed by atoms with E-state index in [0.29, 0.717) is 0 Å². The topological polar surface area (TPSA) is 25.8 Å². The third kappa shape index (κ3) is 3.94. The van der Waals surface area contributed by atoms with Gasteiger partial charge in [0, 0.05) is 15.6 Å². The van der Waals surface area contributed by atoms with E-state index in [2.05, 4.69) is 34.1 Å². The van der Waals surface area contributed by atoms with E-state index in [1.807, 2.05) is 74.5 Å². The molecule has 0 bridgehead atoms. The summed E-state index contributed by atoms with van der Waals surface area (Å²) in [6.07, 6.45) is 6.17. The van der Waals surface area contributed by atoms with Gasteiger partial charge in [0.1, 0.15) is 0 Å². The van der Waals surface area contributed by atoms with E-state index < -0.39 is 0 Å². The van der Waals surface area contributed by atoms with Crippen LogP contribution in [0.15, 0.2) is 83.4 Å². The second kappa shape index (κ2) is 8.04. The van der Waals surface area contributed by atoms with Gasteiger partial charge < -0.3 is 0 Å². The molecule has 25 heavy (non-hydrogen) atoms. The summed E-state index contributed by atoms with van der Waals surface area (Å²) in [7, 11) is 0. The lowest BCUT2D eigenvalue weighted by molar-refractivity contribution is 1.15. The van der Waals surface area contributed by atoms with Crippen molar-refractivity contribution in [2.24, 2.45) is 0 Å². The molecule has 0 spiro atoms. The third-order valence-corrected chi connectivity index (χ3v) is 4.55. The van der Waals surface area contributed by atoms with Crippen LogP contribution in [-0.2, 0) is 0 Å². The van der Waals surface area contributed by atoms with E-state index in [0.717, 1.165) is 38.4 Å². The summed E-state index contributed by atoms with van der Waals surface area (Å²) in [6.45, 7) is 4.04. The van der Waals surface area contributed by atoms with Crippen molar-refractivity contribution in [2.75, 3.05) is 0 Å². The van der Waals surface area contributed by atoms with Crippen LogP contribution < -0.4 is 0 Å². The van der Waals surface area contributed by atoms with Crippen LogP contribution in [0, 0.1) is 0 Å². The molecule has 0 aliphatic heterocycles. The summed E-state index contributed by atoms with van der Waals surface area (Å²) in [4.78, 5) is 9.62. The van der Waals surface area contributed by atoms with Gasteiger partial charge in [0.25, 0.3) is 0 Å². The van der Waals surface area contributed by atoms with Crippen molar-refractivity contribution >= 4 is 21.5 Å². The molecule has 0 amide bonds. The first-order valence-corrected chi connectivity index (χ1v) is 9.01. The Morgan fingerprint density at radius 1 is 0.920 bits per heavy atom. The zero-order chi connectivity index (χ0) is 17.6. The molecule has 3 rings (SSSR count). The van der Waals surface area contributed by atoms with E-state index in [1.54, 1.807) is 0 Å². The zero-order valence-corrected chi connectivity index (χ0v) is 15.9. The number of halogens is 1. The molecular weight excluding hydrogens is 372 g/mol. The molecule has 124 valence electrons. The summed E-state index contributed by atoms with van der Waals surface area (Å²) in [5.74, 6) is 0.729. The number of aromatic nitrogens is 2. The van der Waals surface area contributed by atoms with Crippen LogP contribution in [0.25, 0.3) is 28.2 Å². The van der Waals surface area contributed by atoms with Crippen LogP contribution in [0.4, 0.5) is 0 Å². The van der Waals surface area contributed by atoms with Gasteiger partial charge in [-0.3, -0.25) is 0 Å². The number of hydrogen-bond acceptors (Lipinski definition) is 2. The first-order chi connectivity index (χ1) is 12.2. The summed E-state index contributed by atoms with van der Waals surface area (Å²) in [6, 6.07) is 20.2. The number of hydrogen-bond donors (Lipinski definition) is 0. The molecule has 2 aromatic carbocycles. The summed E-state index contributed by atoms with van der Waals surface area (Å²) >= 11 is 3.63. The highest BCUT2D eigenvalue weighted by Crippen LogP contribution is 2.30. The van der Waals surface area contributed by atoms with Gasteiger partial charge in [-0.2, -0.15) is 0 Å². The smallest absolute Gasteiger partial charge is 0.160 e. The molecule has 0 radical (unpaired) electrons. The maximum absolute atomic E-state index is 4.82. The van der Waals surface area contributed by atoms with E-state index in [-0.39, 0.29) is 0 Å². The molecule has 0 saturated carbocycles. The molecular formula is C22H19BrN2. The number of nitrogens with zero attached hydrogens (tertiary/aromatic N) is 2. The minimum absolute atomic E-state index is 0.729. The van der Waals surface area contributed by atoms with Gasteiger partial charge in [-0.1, -0.05) is 82.7 Å². The molecule has 3 aromatic rings. The fraction of sp³-hybridized carbons (Fsp3) is 0.0909. The van der Waals surface area contributed by atoms with Crippen LogP contribution in [0.2, 0.25) is 0 Å². The highest BCUT2D eigenvalue weighted by Gasteiger charge is 2.12. The molecule has 2 nitrogen and oxygen atoms in total. The first kappa shape index (κ1) is 17.3. The minimum Gasteiger partial charge on any atom is -0.228 e. The van der Waals surface area contributed by atoms with Crippen LogP contribution in [0.3, 0.4) is 0 Å². The van der Waals surface area contributed by atoms with E-state index >= 15 is 0 Å². The van der Waals surface area contributed by atoms with Gasteiger partial charge in [-0.25, -0.2) is 9.97 Å². The van der Waals surface area contributed by atoms with Gasteiger partial charge >= 0.3 is 0 Å². The van der Waals surface area contributed by atoms with Gasteiger partial charge in [-0.15, -0.1) is 0 Å². The zero-order valence-electron chi connectivity index (χ0n) is 14.3. The number of benzene rings is 2. The van der Waals surface area contributed by atoms with Gasteiger partial charge in [-0.05, 0) is 31.6 Å². The lowest BCUT2D eigenvalue weighted by Gasteiger charge is -2.10. The van der Waals surface area contributed by atoms with Crippen LogP contribution >= 0.6 is 15.9 Å². The average Bonchev–Trinajstić information content (AvgIpc) is 2.67. The summed E-state index contributed by atoms with van der Waals surface area (Å²) < 4.78 is 1.02. The predicted molar refractivity (Wildman–Crippen MR) is 109 cm³/mol. The molecule has 0 fully saturated rings. The van der Waals surface area contributed by atoms with Crippen molar-refractivity contribution < 1.29 is 0 Å². The Balaban J connectivity index is 2.24. The molecule has 0 saturated heterocycles. The van der Waals surface area contributed by atoms with Crippen LogP contribution in [0.1, 0.15) is 19.5 Å². The monoisotopic (exact) mass is 390 g/mol. The minimum atomic E-state index is 0.729. The molecule has 0 unspecified atom stereocenters. The Bertz CT molecular complexity index is 928. The second-order valence-electron chi connectivity index (χ2n) is 5.55.